The Bertz CT molecular complexity index is 892. The van der Waals surface area contributed by atoms with E-state index in [0.717, 1.165) is 64.4 Å². The predicted octanol–water partition coefficient (Wildman–Crippen LogP) is 5.39. The fourth-order valence-electron chi connectivity index (χ4n) is 4.35. The van der Waals surface area contributed by atoms with Crippen LogP contribution >= 0.6 is 11.6 Å². The maximum Gasteiger partial charge on any atom is 0.143 e. The summed E-state index contributed by atoms with van der Waals surface area (Å²) in [6, 6.07) is 6.26. The molecule has 1 aromatic heterocycles. The van der Waals surface area contributed by atoms with Gasteiger partial charge in [0.1, 0.15) is 11.6 Å². The molecule has 1 fully saturated rings. The topological polar surface area (TPSA) is 20.6 Å². The fraction of sp³-hybridized carbons (Fsp3) is 0.520. The molecule has 4 nitrogen and oxygen atoms in total. The number of fused-ring (bicyclic) bond motifs is 1. The third kappa shape index (κ3) is 6.83. The number of ether oxygens (including phenoxy) is 1. The van der Waals surface area contributed by atoms with Gasteiger partial charge >= 0.3 is 0 Å². The van der Waals surface area contributed by atoms with Crippen LogP contribution in [0, 0.1) is 6.92 Å². The lowest BCUT2D eigenvalue weighted by atomic mass is 10.2. The van der Waals surface area contributed by atoms with Gasteiger partial charge in [-0.05, 0) is 57.1 Å². The number of alkyl halides is 1. The van der Waals surface area contributed by atoms with E-state index in [9.17, 15) is 4.39 Å². The molecular formula is C25H35ClFN3O. The van der Waals surface area contributed by atoms with Crippen molar-refractivity contribution in [3.63, 3.8) is 0 Å². The van der Waals surface area contributed by atoms with Gasteiger partial charge in [0.25, 0.3) is 0 Å². The minimum Gasteiger partial charge on any atom is -0.495 e. The molecule has 1 aliphatic heterocycles. The lowest BCUT2D eigenvalue weighted by Crippen LogP contribution is -2.32. The SMILES string of the molecule is COc1cccc2c(C)cn(CCCN3CCCN(CC/C(F)=C\C=C/CCl)CC3)c12. The Morgan fingerprint density at radius 1 is 1.13 bits per heavy atom. The lowest BCUT2D eigenvalue weighted by molar-refractivity contribution is 0.251. The third-order valence-electron chi connectivity index (χ3n) is 6.00. The lowest BCUT2D eigenvalue weighted by Gasteiger charge is -2.21. The number of aromatic nitrogens is 1. The summed E-state index contributed by atoms with van der Waals surface area (Å²) < 4.78 is 21.8. The van der Waals surface area contributed by atoms with Gasteiger partial charge in [-0.1, -0.05) is 24.3 Å². The van der Waals surface area contributed by atoms with Gasteiger partial charge in [0.05, 0.1) is 12.6 Å². The van der Waals surface area contributed by atoms with Gasteiger partial charge in [0, 0.05) is 50.1 Å². The molecule has 1 saturated heterocycles. The zero-order valence-corrected chi connectivity index (χ0v) is 19.6. The van der Waals surface area contributed by atoms with Crippen molar-refractivity contribution in [1.82, 2.24) is 14.4 Å². The molecule has 2 heterocycles. The predicted molar refractivity (Wildman–Crippen MR) is 129 cm³/mol. The Labute approximate surface area is 190 Å². The zero-order valence-electron chi connectivity index (χ0n) is 18.8. The summed E-state index contributed by atoms with van der Waals surface area (Å²) in [5.74, 6) is 1.28. The molecule has 0 atom stereocenters. The number of hydrogen-bond acceptors (Lipinski definition) is 3. The smallest absolute Gasteiger partial charge is 0.143 e. The van der Waals surface area contributed by atoms with Gasteiger partial charge in [-0.15, -0.1) is 11.6 Å². The summed E-state index contributed by atoms with van der Waals surface area (Å²) in [5, 5.41) is 1.27. The molecule has 3 rings (SSSR count). The Morgan fingerprint density at radius 2 is 1.90 bits per heavy atom. The Kier molecular flexibility index (Phi) is 9.44. The number of para-hydroxylation sites is 1. The molecule has 0 bridgehead atoms. The highest BCUT2D eigenvalue weighted by molar-refractivity contribution is 6.18. The number of benzene rings is 1. The summed E-state index contributed by atoms with van der Waals surface area (Å²) in [5.41, 5.74) is 2.49. The van der Waals surface area contributed by atoms with E-state index in [1.807, 2.05) is 6.07 Å². The molecule has 6 heteroatoms. The summed E-state index contributed by atoms with van der Waals surface area (Å²) >= 11 is 5.57. The second-order valence-electron chi connectivity index (χ2n) is 8.20. The zero-order chi connectivity index (χ0) is 22.1. The average Bonchev–Trinajstić information content (AvgIpc) is 2.95. The second-order valence-corrected chi connectivity index (χ2v) is 8.51. The van der Waals surface area contributed by atoms with E-state index >= 15 is 0 Å². The van der Waals surface area contributed by atoms with Crippen molar-refractivity contribution in [3.05, 3.63) is 54.0 Å². The van der Waals surface area contributed by atoms with Crippen LogP contribution in [0.2, 0.25) is 0 Å². The summed E-state index contributed by atoms with van der Waals surface area (Å²) in [6.07, 6.45) is 9.91. The van der Waals surface area contributed by atoms with Crippen LogP contribution in [0.5, 0.6) is 5.75 Å². The van der Waals surface area contributed by atoms with Gasteiger partial charge < -0.3 is 19.1 Å². The van der Waals surface area contributed by atoms with Crippen molar-refractivity contribution in [2.45, 2.75) is 32.7 Å². The molecule has 0 spiro atoms. The Balaban J connectivity index is 1.46. The summed E-state index contributed by atoms with van der Waals surface area (Å²) in [4.78, 5) is 4.93. The molecule has 2 aromatic rings. The number of nitrogens with zero attached hydrogens (tertiary/aromatic N) is 3. The maximum absolute atomic E-state index is 13.9. The standard InChI is InChI=1S/C25H35ClFN3O/c1-21-20-30(25-23(21)9-5-10-24(25)31-2)16-7-15-28-13-6-14-29(19-18-28)17-11-22(27)8-3-4-12-26/h3-5,8-10,20H,6-7,11-19H2,1-2H3/b4-3-,22-8+. The first-order valence-corrected chi connectivity index (χ1v) is 11.8. The van der Waals surface area contributed by atoms with Crippen LogP contribution in [0.25, 0.3) is 10.9 Å². The van der Waals surface area contributed by atoms with Crippen molar-refractivity contribution in [2.24, 2.45) is 0 Å². The summed E-state index contributed by atoms with van der Waals surface area (Å²) in [6.45, 7) is 9.21. The minimum absolute atomic E-state index is 0.0767. The van der Waals surface area contributed by atoms with Crippen molar-refractivity contribution >= 4 is 22.5 Å². The van der Waals surface area contributed by atoms with Crippen LogP contribution in [0.4, 0.5) is 4.39 Å². The van der Waals surface area contributed by atoms with Crippen LogP contribution in [-0.2, 0) is 6.54 Å². The monoisotopic (exact) mass is 447 g/mol. The first kappa shape index (κ1) is 23.8. The first-order valence-electron chi connectivity index (χ1n) is 11.3. The molecule has 0 unspecified atom stereocenters. The highest BCUT2D eigenvalue weighted by Gasteiger charge is 2.15. The molecule has 170 valence electrons. The van der Waals surface area contributed by atoms with Gasteiger partial charge in [-0.2, -0.15) is 0 Å². The normalized spacial score (nSPS) is 17.0. The second kappa shape index (κ2) is 12.3. The molecule has 0 saturated carbocycles. The number of allylic oxidation sites excluding steroid dienone is 3. The van der Waals surface area contributed by atoms with E-state index in [2.05, 4.69) is 39.6 Å². The van der Waals surface area contributed by atoms with E-state index in [-0.39, 0.29) is 5.83 Å². The molecule has 0 radical (unpaired) electrons. The highest BCUT2D eigenvalue weighted by Crippen LogP contribution is 2.29. The van der Waals surface area contributed by atoms with Crippen LogP contribution in [-0.4, -0.2) is 66.6 Å². The number of methoxy groups -OCH3 is 1. The highest BCUT2D eigenvalue weighted by atomic mass is 35.5. The van der Waals surface area contributed by atoms with Crippen LogP contribution in [0.1, 0.15) is 24.8 Å². The minimum atomic E-state index is -0.0767. The average molecular weight is 448 g/mol. The molecular weight excluding hydrogens is 413 g/mol. The van der Waals surface area contributed by atoms with Crippen LogP contribution < -0.4 is 4.74 Å². The van der Waals surface area contributed by atoms with Crippen molar-refractivity contribution in [2.75, 3.05) is 52.3 Å². The van der Waals surface area contributed by atoms with E-state index in [1.54, 1.807) is 19.3 Å². The van der Waals surface area contributed by atoms with Crippen LogP contribution in [0.3, 0.4) is 0 Å². The number of hydrogen-bond donors (Lipinski definition) is 0. The molecule has 0 amide bonds. The Morgan fingerprint density at radius 3 is 2.65 bits per heavy atom. The molecule has 1 aromatic carbocycles. The van der Waals surface area contributed by atoms with Gasteiger partial charge in [-0.25, -0.2) is 4.39 Å². The molecule has 1 aliphatic rings. The Hall–Kier alpha value is -1.82. The van der Waals surface area contributed by atoms with Crippen molar-refractivity contribution in [1.29, 1.82) is 0 Å². The van der Waals surface area contributed by atoms with Crippen LogP contribution in [0.15, 0.2) is 48.5 Å². The largest absolute Gasteiger partial charge is 0.495 e. The van der Waals surface area contributed by atoms with E-state index in [4.69, 9.17) is 16.3 Å². The summed E-state index contributed by atoms with van der Waals surface area (Å²) in [7, 11) is 1.74. The molecule has 0 aliphatic carbocycles. The van der Waals surface area contributed by atoms with Gasteiger partial charge in [0.15, 0.2) is 0 Å². The van der Waals surface area contributed by atoms with Crippen molar-refractivity contribution in [3.8, 4) is 5.75 Å². The molecule has 0 N–H and O–H groups in total. The van der Waals surface area contributed by atoms with Gasteiger partial charge in [-0.3, -0.25) is 0 Å². The number of rotatable bonds is 10. The number of halogens is 2. The first-order chi connectivity index (χ1) is 15.1. The van der Waals surface area contributed by atoms with Gasteiger partial charge in [0.2, 0.25) is 0 Å². The van der Waals surface area contributed by atoms with Crippen molar-refractivity contribution < 1.29 is 9.13 Å². The quantitative estimate of drug-likeness (QED) is 0.359. The maximum atomic E-state index is 13.9. The van der Waals surface area contributed by atoms with E-state index in [1.165, 1.54) is 22.5 Å². The third-order valence-corrected chi connectivity index (χ3v) is 6.18. The molecule has 31 heavy (non-hydrogen) atoms. The van der Waals surface area contributed by atoms with E-state index < -0.39 is 0 Å². The fourth-order valence-corrected chi connectivity index (χ4v) is 4.46. The van der Waals surface area contributed by atoms with E-state index in [0.29, 0.717) is 12.3 Å². The number of aryl methyl sites for hydroxylation is 2.